The summed E-state index contributed by atoms with van der Waals surface area (Å²) < 4.78 is 4.94. The molecule has 1 atom stereocenters. The Morgan fingerprint density at radius 2 is 2.10 bits per heavy atom. The third-order valence-corrected chi connectivity index (χ3v) is 3.48. The number of amides is 1. The summed E-state index contributed by atoms with van der Waals surface area (Å²) in [6, 6.07) is 8.15. The van der Waals surface area contributed by atoms with Crippen LogP contribution in [0.15, 0.2) is 24.3 Å². The van der Waals surface area contributed by atoms with Gasteiger partial charge in [-0.05, 0) is 17.5 Å². The Hall–Kier alpha value is -1.43. The van der Waals surface area contributed by atoms with Crippen LogP contribution in [0.5, 0.6) is 0 Å². The van der Waals surface area contributed by atoms with Crippen molar-refractivity contribution in [2.75, 3.05) is 33.4 Å². The van der Waals surface area contributed by atoms with Gasteiger partial charge in [0, 0.05) is 33.3 Å². The van der Waals surface area contributed by atoms with Gasteiger partial charge in [-0.25, -0.2) is 0 Å². The molecule has 1 unspecified atom stereocenters. The van der Waals surface area contributed by atoms with Crippen LogP contribution in [0.4, 0.5) is 0 Å². The van der Waals surface area contributed by atoms with Gasteiger partial charge in [0.2, 0.25) is 5.91 Å². The van der Waals surface area contributed by atoms with Gasteiger partial charge in [0.05, 0.1) is 12.6 Å². The van der Waals surface area contributed by atoms with E-state index in [0.29, 0.717) is 13.2 Å². The van der Waals surface area contributed by atoms with Crippen molar-refractivity contribution in [3.8, 4) is 0 Å². The lowest BCUT2D eigenvalue weighted by molar-refractivity contribution is -0.123. The first-order valence-electron chi connectivity index (χ1n) is 7.09. The number of hydrogen-bond donors (Lipinski definition) is 3. The van der Waals surface area contributed by atoms with E-state index < -0.39 is 0 Å². The number of carbonyl (C=O) groups is 1. The highest BCUT2D eigenvalue weighted by atomic mass is 16.5. The molecule has 1 aromatic rings. The first-order valence-corrected chi connectivity index (χ1v) is 7.09. The van der Waals surface area contributed by atoms with Gasteiger partial charge < -0.3 is 20.7 Å². The van der Waals surface area contributed by atoms with Gasteiger partial charge in [-0.1, -0.05) is 24.3 Å². The highest BCUT2D eigenvalue weighted by Gasteiger charge is 2.23. The number of rotatable bonds is 7. The molecule has 0 fully saturated rings. The van der Waals surface area contributed by atoms with Gasteiger partial charge in [0.1, 0.15) is 0 Å². The molecule has 0 saturated heterocycles. The maximum Gasteiger partial charge on any atom is 0.237 e. The lowest BCUT2D eigenvalue weighted by atomic mass is 9.95. The van der Waals surface area contributed by atoms with E-state index in [1.165, 1.54) is 11.1 Å². The number of methoxy groups -OCH3 is 1. The fraction of sp³-hybridized carbons (Fsp3) is 0.533. The van der Waals surface area contributed by atoms with Gasteiger partial charge in [-0.2, -0.15) is 0 Å². The summed E-state index contributed by atoms with van der Waals surface area (Å²) in [6.07, 6.45) is 0.763. The smallest absolute Gasteiger partial charge is 0.237 e. The molecule has 1 aromatic carbocycles. The lowest BCUT2D eigenvalue weighted by Gasteiger charge is -2.25. The van der Waals surface area contributed by atoms with Crippen LogP contribution in [0.1, 0.15) is 11.1 Å². The molecular formula is C15H23N3O2. The molecule has 5 heteroatoms. The summed E-state index contributed by atoms with van der Waals surface area (Å²) in [6.45, 7) is 3.66. The average Bonchev–Trinajstić information content (AvgIpc) is 2.50. The first kappa shape index (κ1) is 15.0. The monoisotopic (exact) mass is 277 g/mol. The minimum absolute atomic E-state index is 0.0769. The van der Waals surface area contributed by atoms with Crippen molar-refractivity contribution >= 4 is 5.91 Å². The van der Waals surface area contributed by atoms with Crippen LogP contribution in [0.2, 0.25) is 0 Å². The van der Waals surface area contributed by atoms with Crippen LogP contribution < -0.4 is 16.0 Å². The van der Waals surface area contributed by atoms with Crippen LogP contribution in [0, 0.1) is 0 Å². The Labute approximate surface area is 120 Å². The second-order valence-corrected chi connectivity index (χ2v) is 4.94. The highest BCUT2D eigenvalue weighted by Crippen LogP contribution is 2.16. The average molecular weight is 277 g/mol. The van der Waals surface area contributed by atoms with Crippen molar-refractivity contribution in [3.05, 3.63) is 35.4 Å². The summed E-state index contributed by atoms with van der Waals surface area (Å²) in [5, 5.41) is 9.44. The third-order valence-electron chi connectivity index (χ3n) is 3.48. The zero-order valence-corrected chi connectivity index (χ0v) is 11.9. The van der Waals surface area contributed by atoms with E-state index >= 15 is 0 Å². The quantitative estimate of drug-likeness (QED) is 0.617. The standard InChI is InChI=1S/C15H23N3O2/c1-20-9-8-16-6-7-17-15(19)14-10-12-4-2-3-5-13(12)11-18-14/h2-5,14,16,18H,6-11H2,1H3,(H,17,19). The van der Waals surface area contributed by atoms with E-state index in [4.69, 9.17) is 4.74 Å². The van der Waals surface area contributed by atoms with Crippen LogP contribution in [-0.4, -0.2) is 45.3 Å². The summed E-state index contributed by atoms with van der Waals surface area (Å²) >= 11 is 0. The van der Waals surface area contributed by atoms with Gasteiger partial charge in [0.25, 0.3) is 0 Å². The number of benzene rings is 1. The van der Waals surface area contributed by atoms with Crippen LogP contribution in [0.3, 0.4) is 0 Å². The Bertz CT molecular complexity index is 437. The molecule has 0 aliphatic carbocycles. The number of ether oxygens (including phenoxy) is 1. The van der Waals surface area contributed by atoms with E-state index in [9.17, 15) is 4.79 Å². The largest absolute Gasteiger partial charge is 0.383 e. The summed E-state index contributed by atoms with van der Waals surface area (Å²) in [7, 11) is 1.68. The Balaban J connectivity index is 1.69. The van der Waals surface area contributed by atoms with Crippen LogP contribution in [-0.2, 0) is 22.5 Å². The molecule has 2 rings (SSSR count). The third kappa shape index (κ3) is 4.30. The predicted molar refractivity (Wildman–Crippen MR) is 78.5 cm³/mol. The van der Waals surface area contributed by atoms with Crippen molar-refractivity contribution in [2.45, 2.75) is 19.0 Å². The Kier molecular flexibility index (Phi) is 5.98. The number of carbonyl (C=O) groups excluding carboxylic acids is 1. The molecule has 110 valence electrons. The number of nitrogens with one attached hydrogen (secondary N) is 3. The molecule has 1 aliphatic rings. The molecule has 1 amide bonds. The molecule has 5 nitrogen and oxygen atoms in total. The van der Waals surface area contributed by atoms with E-state index in [0.717, 1.165) is 26.1 Å². The molecule has 1 heterocycles. The summed E-state index contributed by atoms with van der Waals surface area (Å²) in [5.74, 6) is 0.0769. The molecule has 0 spiro atoms. The van der Waals surface area contributed by atoms with Gasteiger partial charge in [-0.3, -0.25) is 4.79 Å². The lowest BCUT2D eigenvalue weighted by Crippen LogP contribution is -2.48. The summed E-state index contributed by atoms with van der Waals surface area (Å²) in [4.78, 5) is 12.1. The highest BCUT2D eigenvalue weighted by molar-refractivity contribution is 5.82. The maximum absolute atomic E-state index is 12.1. The van der Waals surface area contributed by atoms with E-state index in [2.05, 4.69) is 28.1 Å². The number of hydrogen-bond acceptors (Lipinski definition) is 4. The van der Waals surface area contributed by atoms with Crippen molar-refractivity contribution in [1.29, 1.82) is 0 Å². The van der Waals surface area contributed by atoms with Gasteiger partial charge >= 0.3 is 0 Å². The van der Waals surface area contributed by atoms with E-state index in [-0.39, 0.29) is 11.9 Å². The van der Waals surface area contributed by atoms with Gasteiger partial charge in [-0.15, -0.1) is 0 Å². The SMILES string of the molecule is COCCNCCNC(=O)C1Cc2ccccc2CN1. The van der Waals surface area contributed by atoms with Crippen molar-refractivity contribution in [2.24, 2.45) is 0 Å². The van der Waals surface area contributed by atoms with Crippen LogP contribution in [0.25, 0.3) is 0 Å². The van der Waals surface area contributed by atoms with Crippen LogP contribution >= 0.6 is 0 Å². The fourth-order valence-electron chi connectivity index (χ4n) is 2.34. The summed E-state index contributed by atoms with van der Waals surface area (Å²) in [5.41, 5.74) is 2.56. The molecule has 0 bridgehead atoms. The van der Waals surface area contributed by atoms with E-state index in [1.54, 1.807) is 7.11 Å². The van der Waals surface area contributed by atoms with Crippen molar-refractivity contribution in [1.82, 2.24) is 16.0 Å². The second kappa shape index (κ2) is 7.99. The molecule has 3 N–H and O–H groups in total. The minimum Gasteiger partial charge on any atom is -0.383 e. The topological polar surface area (TPSA) is 62.4 Å². The second-order valence-electron chi connectivity index (χ2n) is 4.94. The maximum atomic E-state index is 12.1. The zero-order valence-electron chi connectivity index (χ0n) is 11.9. The first-order chi connectivity index (χ1) is 9.81. The van der Waals surface area contributed by atoms with Crippen molar-refractivity contribution in [3.63, 3.8) is 0 Å². The van der Waals surface area contributed by atoms with Gasteiger partial charge in [0.15, 0.2) is 0 Å². The normalized spacial score (nSPS) is 17.6. The van der Waals surface area contributed by atoms with Crippen molar-refractivity contribution < 1.29 is 9.53 Å². The molecule has 0 aromatic heterocycles. The predicted octanol–water partition coefficient (Wildman–Crippen LogP) is 0.0531. The molecule has 1 aliphatic heterocycles. The zero-order chi connectivity index (χ0) is 14.2. The molecule has 0 saturated carbocycles. The molecular weight excluding hydrogens is 254 g/mol. The Morgan fingerprint density at radius 3 is 2.90 bits per heavy atom. The van der Waals surface area contributed by atoms with E-state index in [1.807, 2.05) is 12.1 Å². The minimum atomic E-state index is -0.121. The molecule has 0 radical (unpaired) electrons. The Morgan fingerprint density at radius 1 is 1.30 bits per heavy atom. The fourth-order valence-corrected chi connectivity index (χ4v) is 2.34. The molecule has 20 heavy (non-hydrogen) atoms. The number of fused-ring (bicyclic) bond motifs is 1.